The van der Waals surface area contributed by atoms with E-state index < -0.39 is 0 Å². The number of carbonyl (C=O) groups excluding carboxylic acids is 1. The lowest BCUT2D eigenvalue weighted by Gasteiger charge is -2.29. The molecule has 1 aromatic heterocycles. The third-order valence-corrected chi connectivity index (χ3v) is 5.52. The summed E-state index contributed by atoms with van der Waals surface area (Å²) in [6.45, 7) is 7.89. The van der Waals surface area contributed by atoms with Crippen LogP contribution in [0.15, 0.2) is 24.3 Å². The van der Waals surface area contributed by atoms with Crippen LogP contribution in [0.25, 0.3) is 0 Å². The molecule has 1 N–H and O–H groups in total. The van der Waals surface area contributed by atoms with Crippen LogP contribution < -0.4 is 4.90 Å². The van der Waals surface area contributed by atoms with Crippen molar-refractivity contribution >= 4 is 11.6 Å². The lowest BCUT2D eigenvalue weighted by molar-refractivity contribution is 0.0732. The van der Waals surface area contributed by atoms with Gasteiger partial charge in [-0.2, -0.15) is 0 Å². The summed E-state index contributed by atoms with van der Waals surface area (Å²) in [5, 5.41) is 0. The molecule has 0 bridgehead atoms. The van der Waals surface area contributed by atoms with Gasteiger partial charge in [0.1, 0.15) is 5.82 Å². The SMILES string of the molecule is CC(C)c1nc2c([nH]1)CN(C(=O)c1ccc(N3CCCCC3)cc1)CC2. The first kappa shape index (κ1) is 17.1. The van der Waals surface area contributed by atoms with E-state index in [9.17, 15) is 4.79 Å². The molecule has 1 amide bonds. The molecule has 26 heavy (non-hydrogen) atoms. The van der Waals surface area contributed by atoms with Crippen molar-refractivity contribution in [1.29, 1.82) is 0 Å². The van der Waals surface area contributed by atoms with Crippen LogP contribution in [0.4, 0.5) is 5.69 Å². The first-order chi connectivity index (χ1) is 12.6. The molecule has 5 nitrogen and oxygen atoms in total. The van der Waals surface area contributed by atoms with Gasteiger partial charge in [-0.1, -0.05) is 13.8 Å². The zero-order chi connectivity index (χ0) is 18.1. The van der Waals surface area contributed by atoms with E-state index in [0.717, 1.165) is 48.8 Å². The molecule has 0 spiro atoms. The van der Waals surface area contributed by atoms with Crippen LogP contribution in [-0.2, 0) is 13.0 Å². The minimum atomic E-state index is 0.113. The molecule has 0 unspecified atom stereocenters. The Balaban J connectivity index is 1.45. The Labute approximate surface area is 155 Å². The number of benzene rings is 1. The van der Waals surface area contributed by atoms with Crippen LogP contribution in [0.3, 0.4) is 0 Å². The molecule has 1 fully saturated rings. The van der Waals surface area contributed by atoms with Gasteiger partial charge >= 0.3 is 0 Å². The van der Waals surface area contributed by atoms with Gasteiger partial charge in [0.2, 0.25) is 0 Å². The molecule has 1 aromatic carbocycles. The Hall–Kier alpha value is -2.30. The van der Waals surface area contributed by atoms with E-state index in [1.165, 1.54) is 24.9 Å². The standard InChI is InChI=1S/C21H28N4O/c1-15(2)20-22-18-10-13-25(14-19(18)23-20)21(26)16-6-8-17(9-7-16)24-11-4-3-5-12-24/h6-9,15H,3-5,10-14H2,1-2H3,(H,22,23). The number of carbonyl (C=O) groups is 1. The number of nitrogens with zero attached hydrogens (tertiary/aromatic N) is 3. The Morgan fingerprint density at radius 3 is 2.50 bits per heavy atom. The molecule has 0 radical (unpaired) electrons. The summed E-state index contributed by atoms with van der Waals surface area (Å²) in [5.74, 6) is 1.52. The summed E-state index contributed by atoms with van der Waals surface area (Å²) in [6, 6.07) is 8.16. The molecule has 2 aromatic rings. The number of H-pyrrole nitrogens is 1. The van der Waals surface area contributed by atoms with Crippen LogP contribution in [0.2, 0.25) is 0 Å². The number of nitrogens with one attached hydrogen (secondary N) is 1. The predicted octanol–water partition coefficient (Wildman–Crippen LogP) is 3.72. The van der Waals surface area contributed by atoms with Gasteiger partial charge in [0.05, 0.1) is 17.9 Å². The largest absolute Gasteiger partial charge is 0.372 e. The van der Waals surface area contributed by atoms with E-state index in [0.29, 0.717) is 12.5 Å². The number of anilines is 1. The molecule has 0 aliphatic carbocycles. The molecule has 0 saturated carbocycles. The summed E-state index contributed by atoms with van der Waals surface area (Å²) in [6.07, 6.45) is 4.69. The van der Waals surface area contributed by atoms with Gasteiger partial charge < -0.3 is 14.8 Å². The normalized spacial score (nSPS) is 17.5. The van der Waals surface area contributed by atoms with Crippen LogP contribution >= 0.6 is 0 Å². The quantitative estimate of drug-likeness (QED) is 0.916. The third-order valence-electron chi connectivity index (χ3n) is 5.52. The number of piperidine rings is 1. The second kappa shape index (κ2) is 7.14. The zero-order valence-electron chi connectivity index (χ0n) is 15.8. The van der Waals surface area contributed by atoms with Crippen molar-refractivity contribution in [1.82, 2.24) is 14.9 Å². The van der Waals surface area contributed by atoms with E-state index in [4.69, 9.17) is 0 Å². The summed E-state index contributed by atoms with van der Waals surface area (Å²) in [7, 11) is 0. The van der Waals surface area contributed by atoms with Crippen molar-refractivity contribution in [3.05, 3.63) is 47.0 Å². The fourth-order valence-corrected chi connectivity index (χ4v) is 3.91. The number of rotatable bonds is 3. The number of amides is 1. The van der Waals surface area contributed by atoms with E-state index in [1.54, 1.807) is 0 Å². The van der Waals surface area contributed by atoms with Crippen molar-refractivity contribution in [2.24, 2.45) is 0 Å². The maximum Gasteiger partial charge on any atom is 0.254 e. The Bertz CT molecular complexity index is 772. The Kier molecular flexibility index (Phi) is 4.70. The van der Waals surface area contributed by atoms with Gasteiger partial charge in [0.25, 0.3) is 5.91 Å². The molecule has 5 heteroatoms. The summed E-state index contributed by atoms with van der Waals surface area (Å²) >= 11 is 0. The smallest absolute Gasteiger partial charge is 0.254 e. The van der Waals surface area contributed by atoms with Crippen LogP contribution in [-0.4, -0.2) is 40.4 Å². The lowest BCUT2D eigenvalue weighted by Crippen LogP contribution is -2.36. The van der Waals surface area contributed by atoms with Gasteiger partial charge in [0, 0.05) is 43.2 Å². The van der Waals surface area contributed by atoms with Crippen LogP contribution in [0.5, 0.6) is 0 Å². The first-order valence-electron chi connectivity index (χ1n) is 9.84. The number of aromatic nitrogens is 2. The second-order valence-corrected chi connectivity index (χ2v) is 7.77. The second-order valence-electron chi connectivity index (χ2n) is 7.77. The molecule has 0 atom stereocenters. The highest BCUT2D eigenvalue weighted by Crippen LogP contribution is 2.24. The number of aromatic amines is 1. The average Bonchev–Trinajstić information content (AvgIpc) is 3.12. The van der Waals surface area contributed by atoms with E-state index in [-0.39, 0.29) is 5.91 Å². The Morgan fingerprint density at radius 2 is 1.81 bits per heavy atom. The third kappa shape index (κ3) is 3.35. The molecule has 4 rings (SSSR count). The van der Waals surface area contributed by atoms with Crippen LogP contribution in [0, 0.1) is 0 Å². The number of imidazole rings is 1. The number of hydrogen-bond donors (Lipinski definition) is 1. The molecule has 2 aliphatic rings. The number of hydrogen-bond acceptors (Lipinski definition) is 3. The highest BCUT2D eigenvalue weighted by atomic mass is 16.2. The molecular formula is C21H28N4O. The minimum absolute atomic E-state index is 0.113. The first-order valence-corrected chi connectivity index (χ1v) is 9.84. The summed E-state index contributed by atoms with van der Waals surface area (Å²) in [5.41, 5.74) is 4.23. The molecule has 3 heterocycles. The monoisotopic (exact) mass is 352 g/mol. The van der Waals surface area contributed by atoms with Gasteiger partial charge in [0.15, 0.2) is 0 Å². The zero-order valence-corrected chi connectivity index (χ0v) is 15.8. The lowest BCUT2D eigenvalue weighted by atomic mass is 10.1. The molecule has 1 saturated heterocycles. The maximum absolute atomic E-state index is 12.9. The van der Waals surface area contributed by atoms with E-state index in [1.807, 2.05) is 17.0 Å². The molecule has 2 aliphatic heterocycles. The molecule has 138 valence electrons. The minimum Gasteiger partial charge on any atom is -0.372 e. The summed E-state index contributed by atoms with van der Waals surface area (Å²) < 4.78 is 0. The molecular weight excluding hydrogens is 324 g/mol. The highest BCUT2D eigenvalue weighted by molar-refractivity contribution is 5.94. The number of fused-ring (bicyclic) bond motifs is 1. The fourth-order valence-electron chi connectivity index (χ4n) is 3.91. The van der Waals surface area contributed by atoms with Crippen molar-refractivity contribution in [3.63, 3.8) is 0 Å². The van der Waals surface area contributed by atoms with Crippen molar-refractivity contribution in [3.8, 4) is 0 Å². The van der Waals surface area contributed by atoms with Crippen molar-refractivity contribution in [2.45, 2.75) is 52.0 Å². The average molecular weight is 352 g/mol. The topological polar surface area (TPSA) is 52.2 Å². The Morgan fingerprint density at radius 1 is 1.08 bits per heavy atom. The van der Waals surface area contributed by atoms with Crippen LogP contribution in [0.1, 0.15) is 66.6 Å². The van der Waals surface area contributed by atoms with Gasteiger partial charge in [-0.05, 0) is 43.5 Å². The van der Waals surface area contributed by atoms with Gasteiger partial charge in [-0.25, -0.2) is 4.98 Å². The van der Waals surface area contributed by atoms with Gasteiger partial charge in [-0.3, -0.25) is 4.79 Å². The predicted molar refractivity (Wildman–Crippen MR) is 104 cm³/mol. The van der Waals surface area contributed by atoms with Gasteiger partial charge in [-0.15, -0.1) is 0 Å². The highest BCUT2D eigenvalue weighted by Gasteiger charge is 2.25. The summed E-state index contributed by atoms with van der Waals surface area (Å²) in [4.78, 5) is 25.4. The van der Waals surface area contributed by atoms with E-state index >= 15 is 0 Å². The van der Waals surface area contributed by atoms with Crippen molar-refractivity contribution < 1.29 is 4.79 Å². The maximum atomic E-state index is 12.9. The van der Waals surface area contributed by atoms with E-state index in [2.05, 4.69) is 40.8 Å². The van der Waals surface area contributed by atoms with Crippen molar-refractivity contribution in [2.75, 3.05) is 24.5 Å². The fraction of sp³-hybridized carbons (Fsp3) is 0.524.